The molecule has 1 saturated carbocycles. The second-order valence-corrected chi connectivity index (χ2v) is 9.43. The molecule has 0 spiro atoms. The van der Waals surface area contributed by atoms with Crippen LogP contribution in [0, 0.1) is 11.7 Å². The summed E-state index contributed by atoms with van der Waals surface area (Å²) in [5.41, 5.74) is 0. The van der Waals surface area contributed by atoms with Gasteiger partial charge in [-0.2, -0.15) is 4.31 Å². The number of nitrogens with zero attached hydrogens (tertiary/aromatic N) is 2. The van der Waals surface area contributed by atoms with E-state index in [9.17, 15) is 12.8 Å². The number of sulfonamides is 1. The van der Waals surface area contributed by atoms with Gasteiger partial charge >= 0.3 is 0 Å². The van der Waals surface area contributed by atoms with Gasteiger partial charge in [-0.25, -0.2) is 12.8 Å². The van der Waals surface area contributed by atoms with Crippen molar-refractivity contribution in [3.8, 4) is 0 Å². The standard InChI is InChI=1S/C18H26FN3O2S2/c1-14-6-2-4-8-16(14)20-18(25)21-10-12-22(13-11-21)26(23,24)17-9-5-3-7-15(17)19/h3,5,7,9,14,16H,2,4,6,8,10-13H2,1H3,(H,20,25)/t14-,16-/m1/s1. The van der Waals surface area contributed by atoms with Crippen LogP contribution in [0.1, 0.15) is 32.6 Å². The summed E-state index contributed by atoms with van der Waals surface area (Å²) >= 11 is 5.54. The van der Waals surface area contributed by atoms with Gasteiger partial charge in [-0.1, -0.05) is 31.9 Å². The molecule has 8 heteroatoms. The lowest BCUT2D eigenvalue weighted by molar-refractivity contribution is 0.251. The van der Waals surface area contributed by atoms with Gasteiger partial charge in [-0.3, -0.25) is 0 Å². The molecule has 0 bridgehead atoms. The lowest BCUT2D eigenvalue weighted by Crippen LogP contribution is -2.55. The molecule has 0 amide bonds. The van der Waals surface area contributed by atoms with E-state index < -0.39 is 15.8 Å². The maximum atomic E-state index is 13.9. The molecule has 2 atom stereocenters. The lowest BCUT2D eigenvalue weighted by Gasteiger charge is -2.38. The molecule has 26 heavy (non-hydrogen) atoms. The second-order valence-electron chi connectivity index (χ2n) is 7.14. The number of benzene rings is 1. The number of piperazine rings is 1. The van der Waals surface area contributed by atoms with Crippen molar-refractivity contribution in [2.75, 3.05) is 26.2 Å². The zero-order chi connectivity index (χ0) is 18.7. The van der Waals surface area contributed by atoms with Crippen molar-refractivity contribution in [2.24, 2.45) is 5.92 Å². The van der Waals surface area contributed by atoms with Gasteiger partial charge in [-0.15, -0.1) is 0 Å². The Bertz CT molecular complexity index is 749. The molecule has 1 saturated heterocycles. The van der Waals surface area contributed by atoms with Crippen LogP contribution >= 0.6 is 12.2 Å². The number of hydrogen-bond acceptors (Lipinski definition) is 3. The van der Waals surface area contributed by atoms with E-state index in [0.29, 0.717) is 43.3 Å². The molecule has 1 aliphatic heterocycles. The molecule has 1 N–H and O–H groups in total. The first-order valence-electron chi connectivity index (χ1n) is 9.19. The number of hydrogen-bond donors (Lipinski definition) is 1. The van der Waals surface area contributed by atoms with Crippen LogP contribution in [-0.4, -0.2) is 55.0 Å². The monoisotopic (exact) mass is 399 g/mol. The number of nitrogens with one attached hydrogen (secondary N) is 1. The minimum absolute atomic E-state index is 0.259. The highest BCUT2D eigenvalue weighted by Gasteiger charge is 2.31. The number of thiocarbonyl (C=S) groups is 1. The third kappa shape index (κ3) is 4.18. The molecular formula is C18H26FN3O2S2. The van der Waals surface area contributed by atoms with E-state index in [-0.39, 0.29) is 4.90 Å². The smallest absolute Gasteiger partial charge is 0.246 e. The van der Waals surface area contributed by atoms with Crippen LogP contribution < -0.4 is 5.32 Å². The molecule has 0 unspecified atom stereocenters. The molecule has 2 aliphatic rings. The Morgan fingerprint density at radius 3 is 2.46 bits per heavy atom. The highest BCUT2D eigenvalue weighted by molar-refractivity contribution is 7.89. The summed E-state index contributed by atoms with van der Waals surface area (Å²) in [4.78, 5) is 1.76. The van der Waals surface area contributed by atoms with Gasteiger partial charge in [-0.05, 0) is 43.1 Å². The summed E-state index contributed by atoms with van der Waals surface area (Å²) in [6.45, 7) is 3.89. The average Bonchev–Trinajstić information content (AvgIpc) is 2.64. The fraction of sp³-hybridized carbons (Fsp3) is 0.611. The first-order chi connectivity index (χ1) is 12.4. The largest absolute Gasteiger partial charge is 0.360 e. The number of rotatable bonds is 3. The molecule has 144 valence electrons. The van der Waals surface area contributed by atoms with Gasteiger partial charge in [0.05, 0.1) is 0 Å². The molecule has 0 aromatic heterocycles. The van der Waals surface area contributed by atoms with E-state index in [2.05, 4.69) is 12.2 Å². The summed E-state index contributed by atoms with van der Waals surface area (Å²) in [6, 6.07) is 5.91. The molecule has 2 fully saturated rings. The maximum Gasteiger partial charge on any atom is 0.246 e. The molecule has 1 aromatic rings. The predicted molar refractivity (Wildman–Crippen MR) is 104 cm³/mol. The van der Waals surface area contributed by atoms with Crippen LogP contribution in [0.15, 0.2) is 29.2 Å². The Balaban J connectivity index is 1.58. The molecule has 1 aromatic carbocycles. The first kappa shape index (κ1) is 19.5. The Labute approximate surface area is 160 Å². The highest BCUT2D eigenvalue weighted by atomic mass is 32.2. The Kier molecular flexibility index (Phi) is 6.14. The van der Waals surface area contributed by atoms with Crippen molar-refractivity contribution in [1.29, 1.82) is 0 Å². The Morgan fingerprint density at radius 2 is 1.81 bits per heavy atom. The third-order valence-corrected chi connectivity index (χ3v) is 7.71. The van der Waals surface area contributed by atoms with Crippen molar-refractivity contribution < 1.29 is 12.8 Å². The van der Waals surface area contributed by atoms with Crippen molar-refractivity contribution in [1.82, 2.24) is 14.5 Å². The van der Waals surface area contributed by atoms with Crippen LogP contribution in [-0.2, 0) is 10.0 Å². The lowest BCUT2D eigenvalue weighted by atomic mass is 9.86. The minimum Gasteiger partial charge on any atom is -0.360 e. The van der Waals surface area contributed by atoms with Crippen LogP contribution in [0.3, 0.4) is 0 Å². The summed E-state index contributed by atoms with van der Waals surface area (Å²) < 4.78 is 40.6. The summed E-state index contributed by atoms with van der Waals surface area (Å²) in [5.74, 6) is -0.108. The molecule has 1 heterocycles. The molecule has 3 rings (SSSR count). The van der Waals surface area contributed by atoms with Crippen molar-refractivity contribution in [2.45, 2.75) is 43.5 Å². The SMILES string of the molecule is C[C@@H]1CCCC[C@H]1NC(=S)N1CCN(S(=O)(=O)c2ccccc2F)CC1. The normalized spacial score (nSPS) is 25.1. The van der Waals surface area contributed by atoms with Crippen molar-refractivity contribution in [3.05, 3.63) is 30.1 Å². The Hall–Kier alpha value is -1.25. The minimum atomic E-state index is -3.81. The first-order valence-corrected chi connectivity index (χ1v) is 11.0. The van der Waals surface area contributed by atoms with Crippen molar-refractivity contribution >= 4 is 27.4 Å². The molecule has 0 radical (unpaired) electrons. The fourth-order valence-corrected chi connectivity index (χ4v) is 5.53. The highest BCUT2D eigenvalue weighted by Crippen LogP contribution is 2.24. The topological polar surface area (TPSA) is 52.6 Å². The van der Waals surface area contributed by atoms with Gasteiger partial charge in [0.2, 0.25) is 10.0 Å². The van der Waals surface area contributed by atoms with Gasteiger partial charge in [0.1, 0.15) is 10.7 Å². The Morgan fingerprint density at radius 1 is 1.15 bits per heavy atom. The van der Waals surface area contributed by atoms with E-state index in [0.717, 1.165) is 6.42 Å². The third-order valence-electron chi connectivity index (χ3n) is 5.40. The average molecular weight is 400 g/mol. The quantitative estimate of drug-likeness (QED) is 0.792. The fourth-order valence-electron chi connectivity index (χ4n) is 3.71. The predicted octanol–water partition coefficient (Wildman–Crippen LogP) is 2.59. The van der Waals surface area contributed by atoms with E-state index in [1.165, 1.54) is 47.8 Å². The summed E-state index contributed by atoms with van der Waals surface area (Å²) in [7, 11) is -3.81. The van der Waals surface area contributed by atoms with Crippen LogP contribution in [0.25, 0.3) is 0 Å². The van der Waals surface area contributed by atoms with Crippen LogP contribution in [0.2, 0.25) is 0 Å². The van der Waals surface area contributed by atoms with Crippen LogP contribution in [0.5, 0.6) is 0 Å². The van der Waals surface area contributed by atoms with E-state index >= 15 is 0 Å². The zero-order valence-corrected chi connectivity index (χ0v) is 16.7. The van der Waals surface area contributed by atoms with Crippen molar-refractivity contribution in [3.63, 3.8) is 0 Å². The summed E-state index contributed by atoms with van der Waals surface area (Å²) in [5, 5.41) is 4.16. The maximum absolute atomic E-state index is 13.9. The second kappa shape index (κ2) is 8.19. The summed E-state index contributed by atoms with van der Waals surface area (Å²) in [6.07, 6.45) is 4.84. The van der Waals surface area contributed by atoms with Gasteiger partial charge < -0.3 is 10.2 Å². The van der Waals surface area contributed by atoms with E-state index in [4.69, 9.17) is 12.2 Å². The van der Waals surface area contributed by atoms with Gasteiger partial charge in [0, 0.05) is 32.2 Å². The molecular weight excluding hydrogens is 373 g/mol. The van der Waals surface area contributed by atoms with Gasteiger partial charge in [0.25, 0.3) is 0 Å². The van der Waals surface area contributed by atoms with Crippen LogP contribution in [0.4, 0.5) is 4.39 Å². The van der Waals surface area contributed by atoms with Gasteiger partial charge in [0.15, 0.2) is 5.11 Å². The van der Waals surface area contributed by atoms with E-state index in [1.807, 2.05) is 4.90 Å². The molecule has 5 nitrogen and oxygen atoms in total. The number of halogens is 1. The molecule has 1 aliphatic carbocycles. The zero-order valence-electron chi connectivity index (χ0n) is 15.0. The van der Waals surface area contributed by atoms with E-state index in [1.54, 1.807) is 0 Å².